The Labute approximate surface area is 111 Å². The standard InChI is InChI=1S/C13H18N2O4/c1-8(2)3-10(13(18)19)6-15-12(17)9-4-11(16)7-14-5-9/h4-5,7-8,10,16H,3,6H2,1-2H3,(H,15,17)(H,18,19). The zero-order chi connectivity index (χ0) is 14.4. The molecule has 104 valence electrons. The van der Waals surface area contributed by atoms with Gasteiger partial charge in [-0.25, -0.2) is 0 Å². The van der Waals surface area contributed by atoms with E-state index >= 15 is 0 Å². The Balaban J connectivity index is 2.59. The van der Waals surface area contributed by atoms with Gasteiger partial charge in [-0.15, -0.1) is 0 Å². The van der Waals surface area contributed by atoms with Crippen LogP contribution in [-0.2, 0) is 4.79 Å². The molecule has 0 saturated carbocycles. The van der Waals surface area contributed by atoms with Crippen molar-refractivity contribution in [2.45, 2.75) is 20.3 Å². The Hall–Kier alpha value is -2.11. The number of rotatable bonds is 6. The summed E-state index contributed by atoms with van der Waals surface area (Å²) in [6.07, 6.45) is 3.02. The summed E-state index contributed by atoms with van der Waals surface area (Å²) in [5.74, 6) is -1.86. The van der Waals surface area contributed by atoms with Crippen molar-refractivity contribution in [2.24, 2.45) is 11.8 Å². The second-order valence-electron chi connectivity index (χ2n) is 4.81. The van der Waals surface area contributed by atoms with Crippen LogP contribution >= 0.6 is 0 Å². The molecule has 0 aliphatic rings. The second kappa shape index (κ2) is 6.72. The van der Waals surface area contributed by atoms with Gasteiger partial charge in [-0.2, -0.15) is 0 Å². The number of hydrogen-bond donors (Lipinski definition) is 3. The number of hydrogen-bond acceptors (Lipinski definition) is 4. The van der Waals surface area contributed by atoms with Crippen LogP contribution in [0.4, 0.5) is 0 Å². The third kappa shape index (κ3) is 4.95. The minimum atomic E-state index is -0.928. The zero-order valence-corrected chi connectivity index (χ0v) is 11.0. The summed E-state index contributed by atoms with van der Waals surface area (Å²) in [6, 6.07) is 1.28. The van der Waals surface area contributed by atoms with Crippen molar-refractivity contribution in [1.82, 2.24) is 10.3 Å². The highest BCUT2D eigenvalue weighted by molar-refractivity contribution is 5.94. The van der Waals surface area contributed by atoms with Crippen molar-refractivity contribution < 1.29 is 19.8 Å². The highest BCUT2D eigenvalue weighted by Gasteiger charge is 2.20. The fourth-order valence-corrected chi connectivity index (χ4v) is 1.71. The van der Waals surface area contributed by atoms with E-state index in [1.165, 1.54) is 18.5 Å². The minimum absolute atomic E-state index is 0.0575. The Morgan fingerprint density at radius 1 is 1.37 bits per heavy atom. The highest BCUT2D eigenvalue weighted by atomic mass is 16.4. The van der Waals surface area contributed by atoms with Gasteiger partial charge in [0, 0.05) is 12.7 Å². The summed E-state index contributed by atoms with van der Waals surface area (Å²) in [5.41, 5.74) is 0.202. The lowest BCUT2D eigenvalue weighted by Gasteiger charge is -2.15. The van der Waals surface area contributed by atoms with Crippen molar-refractivity contribution >= 4 is 11.9 Å². The van der Waals surface area contributed by atoms with Crippen molar-refractivity contribution in [2.75, 3.05) is 6.54 Å². The second-order valence-corrected chi connectivity index (χ2v) is 4.81. The lowest BCUT2D eigenvalue weighted by atomic mass is 9.97. The summed E-state index contributed by atoms with van der Waals surface area (Å²) in [6.45, 7) is 3.91. The molecule has 19 heavy (non-hydrogen) atoms. The van der Waals surface area contributed by atoms with E-state index in [0.717, 1.165) is 0 Å². The van der Waals surface area contributed by atoms with Gasteiger partial charge in [0.05, 0.1) is 17.7 Å². The van der Waals surface area contributed by atoms with Crippen molar-refractivity contribution in [3.63, 3.8) is 0 Å². The van der Waals surface area contributed by atoms with Crippen molar-refractivity contribution in [3.05, 3.63) is 24.0 Å². The third-order valence-corrected chi connectivity index (χ3v) is 2.60. The number of aliphatic carboxylic acids is 1. The van der Waals surface area contributed by atoms with Gasteiger partial charge in [0.1, 0.15) is 5.75 Å². The monoisotopic (exact) mass is 266 g/mol. The largest absolute Gasteiger partial charge is 0.506 e. The van der Waals surface area contributed by atoms with E-state index in [0.29, 0.717) is 6.42 Å². The first-order valence-electron chi connectivity index (χ1n) is 6.05. The number of amides is 1. The van der Waals surface area contributed by atoms with Gasteiger partial charge in [-0.1, -0.05) is 13.8 Å². The molecule has 0 bridgehead atoms. The Morgan fingerprint density at radius 2 is 2.05 bits per heavy atom. The summed E-state index contributed by atoms with van der Waals surface area (Å²) in [7, 11) is 0. The van der Waals surface area contributed by atoms with Gasteiger partial charge >= 0.3 is 5.97 Å². The van der Waals surface area contributed by atoms with Crippen LogP contribution in [-0.4, -0.2) is 33.6 Å². The van der Waals surface area contributed by atoms with Gasteiger partial charge in [0.15, 0.2) is 0 Å². The number of nitrogens with zero attached hydrogens (tertiary/aromatic N) is 1. The van der Waals surface area contributed by atoms with Crippen molar-refractivity contribution in [3.8, 4) is 5.75 Å². The number of aromatic nitrogens is 1. The maximum absolute atomic E-state index is 11.8. The molecule has 0 spiro atoms. The molecule has 0 aliphatic heterocycles. The molecule has 0 radical (unpaired) electrons. The van der Waals surface area contributed by atoms with Gasteiger partial charge in [0.25, 0.3) is 5.91 Å². The first-order chi connectivity index (χ1) is 8.90. The molecule has 0 aromatic carbocycles. The quantitative estimate of drug-likeness (QED) is 0.720. The number of carboxylic acids is 1. The molecule has 1 unspecified atom stereocenters. The molecular formula is C13H18N2O4. The van der Waals surface area contributed by atoms with Gasteiger partial charge in [-0.3, -0.25) is 14.6 Å². The topological polar surface area (TPSA) is 99.5 Å². The maximum Gasteiger partial charge on any atom is 0.308 e. The lowest BCUT2D eigenvalue weighted by Crippen LogP contribution is -2.33. The molecule has 6 nitrogen and oxygen atoms in total. The average molecular weight is 266 g/mol. The molecule has 1 aromatic heterocycles. The first kappa shape index (κ1) is 14.9. The molecule has 1 atom stereocenters. The van der Waals surface area contributed by atoms with Gasteiger partial charge in [-0.05, 0) is 18.4 Å². The normalized spacial score (nSPS) is 12.2. The number of nitrogens with one attached hydrogen (secondary N) is 1. The fourth-order valence-electron chi connectivity index (χ4n) is 1.71. The van der Waals surface area contributed by atoms with Gasteiger partial charge < -0.3 is 15.5 Å². The molecule has 0 aliphatic carbocycles. The Kier molecular flexibility index (Phi) is 5.29. The number of carbonyl (C=O) groups excluding carboxylic acids is 1. The molecule has 0 saturated heterocycles. The third-order valence-electron chi connectivity index (χ3n) is 2.60. The maximum atomic E-state index is 11.8. The summed E-state index contributed by atoms with van der Waals surface area (Å²) in [5, 5.41) is 20.8. The van der Waals surface area contributed by atoms with Crippen LogP contribution in [0.5, 0.6) is 5.75 Å². The smallest absolute Gasteiger partial charge is 0.308 e. The fraction of sp³-hybridized carbons (Fsp3) is 0.462. The Morgan fingerprint density at radius 3 is 2.58 bits per heavy atom. The van der Waals surface area contributed by atoms with Crippen LogP contribution in [0.2, 0.25) is 0 Å². The van der Waals surface area contributed by atoms with Crippen LogP contribution in [0.25, 0.3) is 0 Å². The molecule has 0 fully saturated rings. The van der Waals surface area contributed by atoms with E-state index in [1.807, 2.05) is 13.8 Å². The molecule has 1 rings (SSSR count). The molecular weight excluding hydrogens is 248 g/mol. The van der Waals surface area contributed by atoms with Crippen LogP contribution in [0.1, 0.15) is 30.6 Å². The molecule has 1 amide bonds. The lowest BCUT2D eigenvalue weighted by molar-refractivity contribution is -0.142. The van der Waals surface area contributed by atoms with Crippen LogP contribution < -0.4 is 5.32 Å². The average Bonchev–Trinajstić information content (AvgIpc) is 2.33. The SMILES string of the molecule is CC(C)CC(CNC(=O)c1cncc(O)c1)C(=O)O. The highest BCUT2D eigenvalue weighted by Crippen LogP contribution is 2.12. The number of carbonyl (C=O) groups is 2. The first-order valence-corrected chi connectivity index (χ1v) is 6.05. The molecule has 1 heterocycles. The number of pyridine rings is 1. The zero-order valence-electron chi connectivity index (χ0n) is 11.0. The summed E-state index contributed by atoms with van der Waals surface area (Å²) < 4.78 is 0. The number of aromatic hydroxyl groups is 1. The Bertz CT molecular complexity index is 460. The van der Waals surface area contributed by atoms with Gasteiger partial charge in [0.2, 0.25) is 0 Å². The molecule has 6 heteroatoms. The molecule has 3 N–H and O–H groups in total. The van der Waals surface area contributed by atoms with E-state index in [2.05, 4.69) is 10.3 Å². The summed E-state index contributed by atoms with van der Waals surface area (Å²) >= 11 is 0. The van der Waals surface area contributed by atoms with E-state index in [9.17, 15) is 14.7 Å². The minimum Gasteiger partial charge on any atom is -0.506 e. The molecule has 1 aromatic rings. The van der Waals surface area contributed by atoms with Crippen LogP contribution in [0.3, 0.4) is 0 Å². The summed E-state index contributed by atoms with van der Waals surface area (Å²) in [4.78, 5) is 26.5. The van der Waals surface area contributed by atoms with E-state index < -0.39 is 17.8 Å². The predicted molar refractivity (Wildman–Crippen MR) is 68.8 cm³/mol. The predicted octanol–water partition coefficient (Wildman–Crippen LogP) is 1.26. The van der Waals surface area contributed by atoms with E-state index in [4.69, 9.17) is 5.11 Å². The number of carboxylic acid groups (broad SMARTS) is 1. The van der Waals surface area contributed by atoms with E-state index in [-0.39, 0.29) is 23.8 Å². The van der Waals surface area contributed by atoms with E-state index in [1.54, 1.807) is 0 Å². The van der Waals surface area contributed by atoms with Crippen LogP contribution in [0.15, 0.2) is 18.5 Å². The van der Waals surface area contributed by atoms with Crippen LogP contribution in [0, 0.1) is 11.8 Å². The van der Waals surface area contributed by atoms with Crippen molar-refractivity contribution in [1.29, 1.82) is 0 Å².